The summed E-state index contributed by atoms with van der Waals surface area (Å²) in [7, 11) is 1.82. The number of anilines is 1. The van der Waals surface area contributed by atoms with Gasteiger partial charge in [0, 0.05) is 12.6 Å². The zero-order chi connectivity index (χ0) is 18.3. The summed E-state index contributed by atoms with van der Waals surface area (Å²) < 4.78 is 1.79. The second-order valence-electron chi connectivity index (χ2n) is 6.64. The minimum absolute atomic E-state index is 0.157. The molecule has 0 amide bonds. The molecule has 0 saturated heterocycles. The second kappa shape index (κ2) is 6.00. The van der Waals surface area contributed by atoms with E-state index in [1.54, 1.807) is 22.8 Å². The SMILES string of the molecule is Cn1c(-c2cccc(O)c2)nc2c(N)nc(C#CC3(O)CCCC3)nc21. The topological polar surface area (TPSA) is 110 Å². The van der Waals surface area contributed by atoms with E-state index in [-0.39, 0.29) is 17.4 Å². The Morgan fingerprint density at radius 2 is 1.96 bits per heavy atom. The molecule has 0 spiro atoms. The highest BCUT2D eigenvalue weighted by molar-refractivity contribution is 5.85. The standard InChI is InChI=1S/C19H19N5O2/c1-24-17(12-5-4-6-13(25)11-12)23-15-16(20)21-14(22-18(15)24)7-10-19(26)8-2-3-9-19/h4-6,11,25-26H,2-3,8-9H2,1H3,(H2,20,21,22). The predicted molar refractivity (Wildman–Crippen MR) is 98.1 cm³/mol. The monoisotopic (exact) mass is 349 g/mol. The average Bonchev–Trinajstić information content (AvgIpc) is 3.18. The van der Waals surface area contributed by atoms with E-state index in [1.165, 1.54) is 0 Å². The van der Waals surface area contributed by atoms with Gasteiger partial charge in [0.1, 0.15) is 17.2 Å². The molecule has 4 N–H and O–H groups in total. The lowest BCUT2D eigenvalue weighted by atomic mass is 10.0. The van der Waals surface area contributed by atoms with Gasteiger partial charge in [0.15, 0.2) is 17.0 Å². The van der Waals surface area contributed by atoms with Crippen LogP contribution in [0.5, 0.6) is 5.75 Å². The lowest BCUT2D eigenvalue weighted by Crippen LogP contribution is -2.20. The minimum atomic E-state index is -0.952. The van der Waals surface area contributed by atoms with E-state index in [0.717, 1.165) is 18.4 Å². The third-order valence-electron chi connectivity index (χ3n) is 4.69. The first-order valence-electron chi connectivity index (χ1n) is 8.50. The summed E-state index contributed by atoms with van der Waals surface area (Å²) in [5.74, 6) is 7.04. The van der Waals surface area contributed by atoms with Crippen LogP contribution in [0.4, 0.5) is 5.82 Å². The number of fused-ring (bicyclic) bond motifs is 1. The van der Waals surface area contributed by atoms with Gasteiger partial charge in [0.2, 0.25) is 5.82 Å². The fourth-order valence-electron chi connectivity index (χ4n) is 3.30. The summed E-state index contributed by atoms with van der Waals surface area (Å²) in [5.41, 5.74) is 6.89. The largest absolute Gasteiger partial charge is 0.508 e. The Kier molecular flexibility index (Phi) is 3.78. The maximum Gasteiger partial charge on any atom is 0.209 e. The first-order chi connectivity index (χ1) is 12.5. The fourth-order valence-corrected chi connectivity index (χ4v) is 3.30. The molecule has 2 aromatic heterocycles. The highest BCUT2D eigenvalue weighted by Crippen LogP contribution is 2.29. The van der Waals surface area contributed by atoms with E-state index in [0.29, 0.717) is 29.8 Å². The van der Waals surface area contributed by atoms with E-state index < -0.39 is 5.60 Å². The fraction of sp³-hybridized carbons (Fsp3) is 0.316. The molecule has 1 saturated carbocycles. The molecule has 1 aliphatic carbocycles. The van der Waals surface area contributed by atoms with Crippen LogP contribution in [-0.4, -0.2) is 35.3 Å². The minimum Gasteiger partial charge on any atom is -0.508 e. The lowest BCUT2D eigenvalue weighted by molar-refractivity contribution is 0.110. The summed E-state index contributed by atoms with van der Waals surface area (Å²) in [4.78, 5) is 13.2. The molecule has 4 rings (SSSR count). The van der Waals surface area contributed by atoms with Crippen molar-refractivity contribution in [1.82, 2.24) is 19.5 Å². The number of imidazole rings is 1. The van der Waals surface area contributed by atoms with Crippen molar-refractivity contribution < 1.29 is 10.2 Å². The molecule has 2 heterocycles. The summed E-state index contributed by atoms with van der Waals surface area (Å²) in [6.45, 7) is 0. The number of hydrogen-bond donors (Lipinski definition) is 3. The third-order valence-corrected chi connectivity index (χ3v) is 4.69. The number of phenolic OH excluding ortho intramolecular Hbond substituents is 1. The van der Waals surface area contributed by atoms with Crippen LogP contribution < -0.4 is 5.73 Å². The molecule has 26 heavy (non-hydrogen) atoms. The van der Waals surface area contributed by atoms with Crippen molar-refractivity contribution in [3.63, 3.8) is 0 Å². The molecule has 0 radical (unpaired) electrons. The number of nitrogens with zero attached hydrogens (tertiary/aromatic N) is 4. The molecule has 0 bridgehead atoms. The summed E-state index contributed by atoms with van der Waals surface area (Å²) in [6.07, 6.45) is 3.29. The van der Waals surface area contributed by atoms with Gasteiger partial charge >= 0.3 is 0 Å². The maximum atomic E-state index is 10.4. The molecule has 3 aromatic rings. The number of aliphatic hydroxyl groups is 1. The van der Waals surface area contributed by atoms with Crippen molar-refractivity contribution in [2.24, 2.45) is 7.05 Å². The highest BCUT2D eigenvalue weighted by atomic mass is 16.3. The number of aromatic hydroxyl groups is 1. The lowest BCUT2D eigenvalue weighted by Gasteiger charge is -2.12. The molecule has 7 heteroatoms. The van der Waals surface area contributed by atoms with E-state index in [2.05, 4.69) is 26.8 Å². The van der Waals surface area contributed by atoms with Crippen LogP contribution in [0, 0.1) is 11.8 Å². The molecular weight excluding hydrogens is 330 g/mol. The summed E-state index contributed by atoms with van der Waals surface area (Å²) >= 11 is 0. The van der Waals surface area contributed by atoms with Gasteiger partial charge in [-0.2, -0.15) is 0 Å². The number of nitrogen functional groups attached to an aromatic ring is 1. The van der Waals surface area contributed by atoms with Crippen LogP contribution >= 0.6 is 0 Å². The number of benzene rings is 1. The second-order valence-corrected chi connectivity index (χ2v) is 6.64. The van der Waals surface area contributed by atoms with Crippen molar-refractivity contribution >= 4 is 17.0 Å². The van der Waals surface area contributed by atoms with Gasteiger partial charge < -0.3 is 20.5 Å². The van der Waals surface area contributed by atoms with Gasteiger partial charge in [0.25, 0.3) is 0 Å². The third kappa shape index (κ3) is 2.85. The Morgan fingerprint density at radius 1 is 1.19 bits per heavy atom. The quantitative estimate of drug-likeness (QED) is 0.580. The first kappa shape index (κ1) is 16.4. The van der Waals surface area contributed by atoms with Crippen molar-refractivity contribution in [3.8, 4) is 29.0 Å². The Labute approximate surface area is 150 Å². The van der Waals surface area contributed by atoms with Gasteiger partial charge in [-0.05, 0) is 43.7 Å². The summed E-state index contributed by atoms with van der Waals surface area (Å²) in [5, 5.41) is 20.1. The normalized spacial score (nSPS) is 15.8. The predicted octanol–water partition coefficient (Wildman–Crippen LogP) is 1.97. The molecule has 0 atom stereocenters. The van der Waals surface area contributed by atoms with Crippen LogP contribution in [0.3, 0.4) is 0 Å². The van der Waals surface area contributed by atoms with Crippen molar-refractivity contribution in [1.29, 1.82) is 0 Å². The Hall–Kier alpha value is -3.11. The van der Waals surface area contributed by atoms with Crippen molar-refractivity contribution in [2.75, 3.05) is 5.73 Å². The van der Waals surface area contributed by atoms with Gasteiger partial charge in [0.05, 0.1) is 0 Å². The number of nitrogens with two attached hydrogens (primary N) is 1. The average molecular weight is 349 g/mol. The summed E-state index contributed by atoms with van der Waals surface area (Å²) in [6, 6.07) is 6.82. The van der Waals surface area contributed by atoms with Gasteiger partial charge in [-0.1, -0.05) is 18.1 Å². The number of hydrogen-bond acceptors (Lipinski definition) is 6. The highest BCUT2D eigenvalue weighted by Gasteiger charge is 2.28. The molecule has 1 fully saturated rings. The zero-order valence-corrected chi connectivity index (χ0v) is 14.4. The molecule has 1 aromatic carbocycles. The maximum absolute atomic E-state index is 10.4. The van der Waals surface area contributed by atoms with Crippen LogP contribution in [0.1, 0.15) is 31.5 Å². The smallest absolute Gasteiger partial charge is 0.209 e. The van der Waals surface area contributed by atoms with Crippen LogP contribution in [0.25, 0.3) is 22.6 Å². The molecule has 0 unspecified atom stereocenters. The van der Waals surface area contributed by atoms with Crippen molar-refractivity contribution in [2.45, 2.75) is 31.3 Å². The molecule has 1 aliphatic rings. The molecule has 0 aliphatic heterocycles. The van der Waals surface area contributed by atoms with Crippen molar-refractivity contribution in [3.05, 3.63) is 30.1 Å². The molecule has 132 valence electrons. The Morgan fingerprint density at radius 3 is 2.69 bits per heavy atom. The van der Waals surface area contributed by atoms with E-state index >= 15 is 0 Å². The van der Waals surface area contributed by atoms with Crippen LogP contribution in [0.2, 0.25) is 0 Å². The van der Waals surface area contributed by atoms with E-state index in [1.807, 2.05) is 13.1 Å². The number of aromatic nitrogens is 4. The number of phenols is 1. The molecule has 7 nitrogen and oxygen atoms in total. The van der Waals surface area contributed by atoms with Crippen LogP contribution in [-0.2, 0) is 7.05 Å². The van der Waals surface area contributed by atoms with Gasteiger partial charge in [-0.25, -0.2) is 15.0 Å². The Balaban J connectivity index is 1.80. The van der Waals surface area contributed by atoms with E-state index in [9.17, 15) is 10.2 Å². The van der Waals surface area contributed by atoms with Gasteiger partial charge in [-0.3, -0.25) is 0 Å². The van der Waals surface area contributed by atoms with E-state index in [4.69, 9.17) is 5.73 Å². The zero-order valence-electron chi connectivity index (χ0n) is 14.4. The van der Waals surface area contributed by atoms with Gasteiger partial charge in [-0.15, -0.1) is 0 Å². The van der Waals surface area contributed by atoms with Crippen LogP contribution in [0.15, 0.2) is 24.3 Å². The first-order valence-corrected chi connectivity index (χ1v) is 8.50. The number of aryl methyl sites for hydroxylation is 1. The number of rotatable bonds is 1. The Bertz CT molecular complexity index is 1050. The molecular formula is C19H19N5O2.